The van der Waals surface area contributed by atoms with E-state index in [2.05, 4.69) is 4.98 Å². The molecule has 118 valence electrons. The molecule has 0 fully saturated rings. The maximum Gasteiger partial charge on any atom is 0.328 e. The lowest BCUT2D eigenvalue weighted by molar-refractivity contribution is 0.294. The number of aromatic amines is 1. The number of benzene rings is 2. The van der Waals surface area contributed by atoms with Gasteiger partial charge in [-0.15, -0.1) is 0 Å². The number of hydrogen-bond donors (Lipinski definition) is 1. The molecule has 0 amide bonds. The highest BCUT2D eigenvalue weighted by atomic mass is 16.5. The van der Waals surface area contributed by atoms with E-state index in [4.69, 9.17) is 4.74 Å². The van der Waals surface area contributed by atoms with E-state index in [0.717, 1.165) is 16.5 Å². The Kier molecular flexibility index (Phi) is 4.02. The van der Waals surface area contributed by atoms with Crippen LogP contribution in [-0.4, -0.2) is 16.2 Å². The molecule has 0 aliphatic carbocycles. The molecule has 23 heavy (non-hydrogen) atoms. The minimum absolute atomic E-state index is 0.334. The lowest BCUT2D eigenvalue weighted by Crippen LogP contribution is -2.34. The molecule has 3 rings (SSSR count). The third-order valence-corrected chi connectivity index (χ3v) is 4.06. The number of hydrogen-bond acceptors (Lipinski definition) is 3. The summed E-state index contributed by atoms with van der Waals surface area (Å²) in [5.74, 6) is 0.760. The lowest BCUT2D eigenvalue weighted by atomic mass is 10.1. The molecule has 0 radical (unpaired) electrons. The minimum Gasteiger partial charge on any atom is -0.492 e. The van der Waals surface area contributed by atoms with Gasteiger partial charge in [0.25, 0.3) is 5.56 Å². The zero-order chi connectivity index (χ0) is 16.4. The summed E-state index contributed by atoms with van der Waals surface area (Å²) in [5.41, 5.74) is 0.482. The van der Waals surface area contributed by atoms with Gasteiger partial charge in [-0.2, -0.15) is 0 Å². The van der Waals surface area contributed by atoms with Crippen LogP contribution in [0.4, 0.5) is 0 Å². The van der Waals surface area contributed by atoms with Crippen molar-refractivity contribution in [1.29, 1.82) is 0 Å². The number of nitrogens with zero attached hydrogens (tertiary/aromatic N) is 1. The van der Waals surface area contributed by atoms with E-state index in [1.54, 1.807) is 13.8 Å². The van der Waals surface area contributed by atoms with Gasteiger partial charge >= 0.3 is 5.69 Å². The Hall–Kier alpha value is -2.82. The fourth-order valence-electron chi connectivity index (χ4n) is 2.56. The van der Waals surface area contributed by atoms with Crippen LogP contribution in [0.1, 0.15) is 11.3 Å². The molecule has 1 aromatic heterocycles. The Morgan fingerprint density at radius 2 is 1.78 bits per heavy atom. The van der Waals surface area contributed by atoms with Gasteiger partial charge in [-0.05, 0) is 36.8 Å². The third kappa shape index (κ3) is 3.04. The average Bonchev–Trinajstić information content (AvgIpc) is 2.56. The van der Waals surface area contributed by atoms with Crippen molar-refractivity contribution in [3.05, 3.63) is 74.6 Å². The van der Waals surface area contributed by atoms with Crippen molar-refractivity contribution < 1.29 is 4.74 Å². The van der Waals surface area contributed by atoms with Gasteiger partial charge in [0, 0.05) is 11.3 Å². The molecule has 3 aromatic rings. The summed E-state index contributed by atoms with van der Waals surface area (Å²) in [5, 5.41) is 2.27. The van der Waals surface area contributed by atoms with Crippen LogP contribution in [0, 0.1) is 13.8 Å². The molecule has 0 bridgehead atoms. The summed E-state index contributed by atoms with van der Waals surface area (Å²) < 4.78 is 7.27. The molecular formula is C18H18N2O3. The van der Waals surface area contributed by atoms with Crippen molar-refractivity contribution in [2.45, 2.75) is 20.4 Å². The van der Waals surface area contributed by atoms with Gasteiger partial charge in [0.2, 0.25) is 0 Å². The van der Waals surface area contributed by atoms with Gasteiger partial charge in [0.05, 0.1) is 6.54 Å². The fourth-order valence-corrected chi connectivity index (χ4v) is 2.56. The number of nitrogens with one attached hydrogen (secondary N) is 1. The van der Waals surface area contributed by atoms with Gasteiger partial charge in [-0.25, -0.2) is 4.79 Å². The third-order valence-electron chi connectivity index (χ3n) is 4.06. The van der Waals surface area contributed by atoms with Crippen molar-refractivity contribution in [3.63, 3.8) is 0 Å². The predicted octanol–water partition coefficient (Wildman–Crippen LogP) is 2.39. The second kappa shape index (κ2) is 6.12. The SMILES string of the molecule is Cc1c(C)n(CCOc2ccc3ccccc3c2)c(=O)[nH]c1=O. The molecule has 0 unspecified atom stereocenters. The molecule has 1 heterocycles. The van der Waals surface area contributed by atoms with Gasteiger partial charge in [-0.1, -0.05) is 30.3 Å². The van der Waals surface area contributed by atoms with Crippen LogP contribution in [0.5, 0.6) is 5.75 Å². The number of rotatable bonds is 4. The van der Waals surface area contributed by atoms with E-state index in [1.807, 2.05) is 42.5 Å². The monoisotopic (exact) mass is 310 g/mol. The number of fused-ring (bicyclic) bond motifs is 1. The van der Waals surface area contributed by atoms with Crippen LogP contribution in [0.15, 0.2) is 52.1 Å². The van der Waals surface area contributed by atoms with Crippen molar-refractivity contribution in [3.8, 4) is 5.75 Å². The van der Waals surface area contributed by atoms with Crippen molar-refractivity contribution in [1.82, 2.24) is 9.55 Å². The van der Waals surface area contributed by atoms with E-state index in [-0.39, 0.29) is 5.56 Å². The van der Waals surface area contributed by atoms with Gasteiger partial charge in [-0.3, -0.25) is 14.3 Å². The van der Waals surface area contributed by atoms with E-state index < -0.39 is 5.69 Å². The number of aromatic nitrogens is 2. The summed E-state index contributed by atoms with van der Waals surface area (Å²) in [7, 11) is 0. The Bertz CT molecular complexity index is 970. The molecule has 5 nitrogen and oxygen atoms in total. The van der Waals surface area contributed by atoms with E-state index in [1.165, 1.54) is 4.57 Å². The highest BCUT2D eigenvalue weighted by Crippen LogP contribution is 2.20. The first-order chi connectivity index (χ1) is 11.1. The minimum atomic E-state index is -0.403. The molecule has 0 saturated carbocycles. The van der Waals surface area contributed by atoms with Crippen LogP contribution in [0.2, 0.25) is 0 Å². The van der Waals surface area contributed by atoms with Crippen LogP contribution in [-0.2, 0) is 6.54 Å². The normalized spacial score (nSPS) is 10.9. The van der Waals surface area contributed by atoms with Crippen LogP contribution < -0.4 is 16.0 Å². The summed E-state index contributed by atoms with van der Waals surface area (Å²) in [6.45, 7) is 4.20. The predicted molar refractivity (Wildman–Crippen MR) is 90.2 cm³/mol. The van der Waals surface area contributed by atoms with Crippen molar-refractivity contribution >= 4 is 10.8 Å². The molecule has 5 heteroatoms. The van der Waals surface area contributed by atoms with Crippen LogP contribution >= 0.6 is 0 Å². The number of H-pyrrole nitrogens is 1. The summed E-state index contributed by atoms with van der Waals surface area (Å²) in [6.07, 6.45) is 0. The van der Waals surface area contributed by atoms with Gasteiger partial charge in [0.1, 0.15) is 12.4 Å². The summed E-state index contributed by atoms with van der Waals surface area (Å²) >= 11 is 0. The molecule has 0 saturated heterocycles. The molecule has 0 aliphatic rings. The van der Waals surface area contributed by atoms with Gasteiger partial charge in [0.15, 0.2) is 0 Å². The first-order valence-electron chi connectivity index (χ1n) is 7.48. The Morgan fingerprint density at radius 3 is 2.57 bits per heavy atom. The fraction of sp³-hybridized carbons (Fsp3) is 0.222. The molecule has 2 aromatic carbocycles. The highest BCUT2D eigenvalue weighted by Gasteiger charge is 2.07. The molecule has 0 atom stereocenters. The standard InChI is InChI=1S/C18H18N2O3/c1-12-13(2)20(18(22)19-17(12)21)9-10-23-16-8-7-14-5-3-4-6-15(14)11-16/h3-8,11H,9-10H2,1-2H3,(H,19,21,22). The molecule has 0 spiro atoms. The zero-order valence-corrected chi connectivity index (χ0v) is 13.1. The second-order valence-electron chi connectivity index (χ2n) is 5.48. The zero-order valence-electron chi connectivity index (χ0n) is 13.1. The Morgan fingerprint density at radius 1 is 1.04 bits per heavy atom. The summed E-state index contributed by atoms with van der Waals surface area (Å²) in [4.78, 5) is 25.7. The lowest BCUT2D eigenvalue weighted by Gasteiger charge is -2.12. The molecule has 0 aliphatic heterocycles. The number of ether oxygens (including phenoxy) is 1. The van der Waals surface area contributed by atoms with Crippen LogP contribution in [0.25, 0.3) is 10.8 Å². The summed E-state index contributed by atoms with van der Waals surface area (Å²) in [6, 6.07) is 14.0. The topological polar surface area (TPSA) is 64.1 Å². The highest BCUT2D eigenvalue weighted by molar-refractivity contribution is 5.83. The maximum atomic E-state index is 11.9. The van der Waals surface area contributed by atoms with Crippen molar-refractivity contribution in [2.24, 2.45) is 0 Å². The largest absolute Gasteiger partial charge is 0.492 e. The maximum absolute atomic E-state index is 11.9. The molecular weight excluding hydrogens is 292 g/mol. The first-order valence-corrected chi connectivity index (χ1v) is 7.48. The smallest absolute Gasteiger partial charge is 0.328 e. The van der Waals surface area contributed by atoms with E-state index in [9.17, 15) is 9.59 Å². The first kappa shape index (κ1) is 15.1. The van der Waals surface area contributed by atoms with Gasteiger partial charge < -0.3 is 4.74 Å². The average molecular weight is 310 g/mol. The molecule has 1 N–H and O–H groups in total. The van der Waals surface area contributed by atoms with E-state index in [0.29, 0.717) is 24.4 Å². The van der Waals surface area contributed by atoms with Crippen molar-refractivity contribution in [2.75, 3.05) is 6.61 Å². The van der Waals surface area contributed by atoms with Crippen LogP contribution in [0.3, 0.4) is 0 Å². The quantitative estimate of drug-likeness (QED) is 0.804. The second-order valence-corrected chi connectivity index (χ2v) is 5.48. The Labute approximate surface area is 133 Å². The Balaban J connectivity index is 1.75. The van der Waals surface area contributed by atoms with E-state index >= 15 is 0 Å².